The van der Waals surface area contributed by atoms with Crippen LogP contribution in [0.2, 0.25) is 0 Å². The van der Waals surface area contributed by atoms with Gasteiger partial charge in [-0.2, -0.15) is 5.10 Å². The van der Waals surface area contributed by atoms with Crippen LogP contribution in [0.1, 0.15) is 32.4 Å². The number of nitrogens with zero attached hydrogens (tertiary/aromatic N) is 4. The maximum Gasteiger partial charge on any atom is 0.207 e. The molecule has 98 valence electrons. The van der Waals surface area contributed by atoms with E-state index in [4.69, 9.17) is 0 Å². The monoisotopic (exact) mass is 247 g/mol. The lowest BCUT2D eigenvalue weighted by Gasteiger charge is -2.08. The third-order valence-electron chi connectivity index (χ3n) is 2.95. The molecule has 5 heteroatoms. The van der Waals surface area contributed by atoms with Crippen LogP contribution in [0.3, 0.4) is 0 Å². The second kappa shape index (κ2) is 5.71. The first-order valence-corrected chi connectivity index (χ1v) is 6.55. The molecule has 0 bridgehead atoms. The number of imidazole rings is 1. The van der Waals surface area contributed by atoms with Crippen LogP contribution in [0, 0.1) is 0 Å². The van der Waals surface area contributed by atoms with Gasteiger partial charge in [-0.25, -0.2) is 4.98 Å². The molecule has 0 aliphatic heterocycles. The standard InChI is InChI=1S/C13H21N5/c1-4-6-8-18-9-7-14-13(18)15-12-10-17(3)16-11(12)5-2/h7,9-10H,4-6,8H2,1-3H3,(H,14,15). The minimum atomic E-state index is 0.895. The lowest BCUT2D eigenvalue weighted by Crippen LogP contribution is -2.04. The summed E-state index contributed by atoms with van der Waals surface area (Å²) >= 11 is 0. The molecule has 0 fully saturated rings. The molecule has 0 aliphatic carbocycles. The van der Waals surface area contributed by atoms with E-state index < -0.39 is 0 Å². The first-order chi connectivity index (χ1) is 8.74. The predicted octanol–water partition coefficient (Wildman–Crippen LogP) is 2.72. The molecule has 0 unspecified atom stereocenters. The molecule has 0 atom stereocenters. The molecule has 0 aromatic carbocycles. The van der Waals surface area contributed by atoms with Gasteiger partial charge in [0.1, 0.15) is 0 Å². The summed E-state index contributed by atoms with van der Waals surface area (Å²) in [6.07, 6.45) is 9.11. The molecule has 0 radical (unpaired) electrons. The third-order valence-corrected chi connectivity index (χ3v) is 2.95. The Hall–Kier alpha value is -1.78. The van der Waals surface area contributed by atoms with Gasteiger partial charge in [0.2, 0.25) is 5.95 Å². The lowest BCUT2D eigenvalue weighted by atomic mass is 10.3. The van der Waals surface area contributed by atoms with Gasteiger partial charge in [-0.3, -0.25) is 4.68 Å². The van der Waals surface area contributed by atoms with Gasteiger partial charge < -0.3 is 9.88 Å². The summed E-state index contributed by atoms with van der Waals surface area (Å²) in [6.45, 7) is 5.30. The molecule has 5 nitrogen and oxygen atoms in total. The van der Waals surface area contributed by atoms with E-state index in [1.165, 1.54) is 12.8 Å². The Kier molecular flexibility index (Phi) is 4.02. The number of rotatable bonds is 6. The van der Waals surface area contributed by atoms with Crippen molar-refractivity contribution in [1.29, 1.82) is 0 Å². The molecule has 2 aromatic heterocycles. The molecule has 0 saturated heterocycles. The number of unbranched alkanes of at least 4 members (excludes halogenated alkanes) is 1. The maximum atomic E-state index is 4.42. The molecule has 2 heterocycles. The van der Waals surface area contributed by atoms with Crippen LogP contribution in [0.25, 0.3) is 0 Å². The number of aryl methyl sites for hydroxylation is 3. The summed E-state index contributed by atoms with van der Waals surface area (Å²) in [5, 5.41) is 7.79. The molecular weight excluding hydrogens is 226 g/mol. The highest BCUT2D eigenvalue weighted by Gasteiger charge is 2.09. The van der Waals surface area contributed by atoms with Crippen molar-refractivity contribution in [3.8, 4) is 0 Å². The minimum absolute atomic E-state index is 0.895. The molecule has 0 spiro atoms. The summed E-state index contributed by atoms with van der Waals surface area (Å²) in [4.78, 5) is 4.36. The van der Waals surface area contributed by atoms with E-state index >= 15 is 0 Å². The van der Waals surface area contributed by atoms with Crippen molar-refractivity contribution >= 4 is 11.6 Å². The van der Waals surface area contributed by atoms with E-state index in [2.05, 4.69) is 33.8 Å². The highest BCUT2D eigenvalue weighted by Crippen LogP contribution is 2.19. The summed E-state index contributed by atoms with van der Waals surface area (Å²) in [5.41, 5.74) is 2.12. The Morgan fingerprint density at radius 3 is 2.89 bits per heavy atom. The van der Waals surface area contributed by atoms with Crippen LogP contribution in [0.5, 0.6) is 0 Å². The molecule has 0 saturated carbocycles. The number of hydrogen-bond acceptors (Lipinski definition) is 3. The second-order valence-corrected chi connectivity index (χ2v) is 4.44. The Balaban J connectivity index is 2.15. The van der Waals surface area contributed by atoms with Gasteiger partial charge in [-0.05, 0) is 12.8 Å². The van der Waals surface area contributed by atoms with Crippen LogP contribution < -0.4 is 5.32 Å². The van der Waals surface area contributed by atoms with Crippen LogP contribution in [0.4, 0.5) is 11.6 Å². The fourth-order valence-corrected chi connectivity index (χ4v) is 1.96. The highest BCUT2D eigenvalue weighted by molar-refractivity contribution is 5.55. The van der Waals surface area contributed by atoms with E-state index in [-0.39, 0.29) is 0 Å². The van der Waals surface area contributed by atoms with Crippen molar-refractivity contribution in [1.82, 2.24) is 19.3 Å². The number of hydrogen-bond donors (Lipinski definition) is 1. The van der Waals surface area contributed by atoms with Crippen molar-refractivity contribution in [3.63, 3.8) is 0 Å². The van der Waals surface area contributed by atoms with Crippen molar-refractivity contribution < 1.29 is 0 Å². The molecule has 0 aliphatic rings. The average molecular weight is 247 g/mol. The summed E-state index contributed by atoms with van der Waals surface area (Å²) < 4.78 is 3.98. The molecule has 1 N–H and O–H groups in total. The number of nitrogens with one attached hydrogen (secondary N) is 1. The van der Waals surface area contributed by atoms with Crippen molar-refractivity contribution in [2.45, 2.75) is 39.7 Å². The topological polar surface area (TPSA) is 47.7 Å². The van der Waals surface area contributed by atoms with Gasteiger partial charge in [0.25, 0.3) is 0 Å². The first kappa shape index (κ1) is 12.7. The van der Waals surface area contributed by atoms with Crippen LogP contribution in [-0.4, -0.2) is 19.3 Å². The number of anilines is 2. The Labute approximate surface area is 108 Å². The van der Waals surface area contributed by atoms with Gasteiger partial charge in [-0.1, -0.05) is 20.3 Å². The van der Waals surface area contributed by atoms with Crippen molar-refractivity contribution in [3.05, 3.63) is 24.3 Å². The quantitative estimate of drug-likeness (QED) is 0.853. The van der Waals surface area contributed by atoms with Crippen molar-refractivity contribution in [2.24, 2.45) is 7.05 Å². The Bertz CT molecular complexity index is 497. The van der Waals surface area contributed by atoms with Gasteiger partial charge in [0.15, 0.2) is 0 Å². The zero-order valence-electron chi connectivity index (χ0n) is 11.3. The van der Waals surface area contributed by atoms with E-state index in [1.54, 1.807) is 0 Å². The normalized spacial score (nSPS) is 10.8. The summed E-state index contributed by atoms with van der Waals surface area (Å²) in [6, 6.07) is 0. The zero-order chi connectivity index (χ0) is 13.0. The smallest absolute Gasteiger partial charge is 0.207 e. The predicted molar refractivity (Wildman–Crippen MR) is 73.0 cm³/mol. The number of aromatic nitrogens is 4. The van der Waals surface area contributed by atoms with Gasteiger partial charge in [0, 0.05) is 32.2 Å². The van der Waals surface area contributed by atoms with Crippen LogP contribution in [-0.2, 0) is 20.0 Å². The van der Waals surface area contributed by atoms with E-state index in [1.807, 2.05) is 30.3 Å². The average Bonchev–Trinajstić information content (AvgIpc) is 2.94. The minimum Gasteiger partial charge on any atom is -0.323 e. The SMILES string of the molecule is CCCCn1ccnc1Nc1cn(C)nc1CC. The largest absolute Gasteiger partial charge is 0.323 e. The van der Waals surface area contributed by atoms with Gasteiger partial charge in [0.05, 0.1) is 11.4 Å². The third kappa shape index (κ3) is 2.72. The van der Waals surface area contributed by atoms with Crippen molar-refractivity contribution in [2.75, 3.05) is 5.32 Å². The lowest BCUT2D eigenvalue weighted by molar-refractivity contribution is 0.638. The fraction of sp³-hybridized carbons (Fsp3) is 0.538. The van der Waals surface area contributed by atoms with Gasteiger partial charge in [-0.15, -0.1) is 0 Å². The van der Waals surface area contributed by atoms with Crippen LogP contribution >= 0.6 is 0 Å². The second-order valence-electron chi connectivity index (χ2n) is 4.44. The fourth-order valence-electron chi connectivity index (χ4n) is 1.96. The highest BCUT2D eigenvalue weighted by atomic mass is 15.3. The maximum absolute atomic E-state index is 4.42. The molecule has 2 rings (SSSR count). The summed E-state index contributed by atoms with van der Waals surface area (Å²) in [7, 11) is 1.94. The van der Waals surface area contributed by atoms with E-state index in [0.717, 1.165) is 30.3 Å². The zero-order valence-corrected chi connectivity index (χ0v) is 11.3. The van der Waals surface area contributed by atoms with E-state index in [9.17, 15) is 0 Å². The summed E-state index contributed by atoms with van der Waals surface area (Å²) in [5.74, 6) is 0.895. The van der Waals surface area contributed by atoms with E-state index in [0.29, 0.717) is 0 Å². The molecule has 0 amide bonds. The molecular formula is C13H21N5. The first-order valence-electron chi connectivity index (χ1n) is 6.55. The van der Waals surface area contributed by atoms with Gasteiger partial charge >= 0.3 is 0 Å². The Morgan fingerprint density at radius 1 is 1.33 bits per heavy atom. The molecule has 2 aromatic rings. The Morgan fingerprint density at radius 2 is 2.17 bits per heavy atom. The van der Waals surface area contributed by atoms with Crippen LogP contribution in [0.15, 0.2) is 18.6 Å². The molecule has 18 heavy (non-hydrogen) atoms.